The van der Waals surface area contributed by atoms with Crippen molar-refractivity contribution in [3.63, 3.8) is 0 Å². The minimum atomic E-state index is -0.389. The number of hydrogen-bond donors (Lipinski definition) is 2. The van der Waals surface area contributed by atoms with Crippen molar-refractivity contribution in [2.75, 3.05) is 13.6 Å². The van der Waals surface area contributed by atoms with Crippen LogP contribution in [0.1, 0.15) is 5.56 Å². The zero-order chi connectivity index (χ0) is 14.5. The van der Waals surface area contributed by atoms with Crippen molar-refractivity contribution < 1.29 is 19.1 Å². The highest BCUT2D eigenvalue weighted by Gasteiger charge is 2.31. The molecule has 1 aromatic rings. The predicted molar refractivity (Wildman–Crippen MR) is 74.6 cm³/mol. The molecule has 2 amide bonds. The Morgan fingerprint density at radius 1 is 1.35 bits per heavy atom. The average molecular weight is 294 g/mol. The number of likely N-dealkylation sites (N-methyl/N-ethyl adjacent to an activating group) is 1. The maximum Gasteiger partial charge on any atom is 0.325 e. The molecule has 0 saturated carbocycles. The molecule has 6 nitrogen and oxygen atoms in total. The highest BCUT2D eigenvalue weighted by atomic mass is 32.2. The summed E-state index contributed by atoms with van der Waals surface area (Å²) in [4.78, 5) is 33.8. The fourth-order valence-corrected chi connectivity index (χ4v) is 2.61. The van der Waals surface area contributed by atoms with E-state index in [0.717, 1.165) is 17.3 Å². The Morgan fingerprint density at radius 3 is 2.60 bits per heavy atom. The van der Waals surface area contributed by atoms with Crippen molar-refractivity contribution in [2.45, 2.75) is 11.7 Å². The van der Waals surface area contributed by atoms with E-state index in [1.807, 2.05) is 0 Å². The monoisotopic (exact) mass is 294 g/mol. The van der Waals surface area contributed by atoms with Crippen molar-refractivity contribution >= 4 is 28.9 Å². The van der Waals surface area contributed by atoms with E-state index in [2.05, 4.69) is 10.6 Å². The molecule has 2 rings (SSSR count). The number of nitrogens with one attached hydrogen (secondary N) is 2. The van der Waals surface area contributed by atoms with E-state index < -0.39 is 0 Å². The lowest BCUT2D eigenvalue weighted by Crippen LogP contribution is -2.25. The van der Waals surface area contributed by atoms with Crippen molar-refractivity contribution in [1.29, 1.82) is 0 Å². The molecule has 1 unspecified atom stereocenters. The number of thioether (sulfide) groups is 1. The van der Waals surface area contributed by atoms with E-state index in [-0.39, 0.29) is 28.9 Å². The first-order chi connectivity index (χ1) is 9.58. The first-order valence-electron chi connectivity index (χ1n) is 6.04. The van der Waals surface area contributed by atoms with Crippen molar-refractivity contribution in [3.8, 4) is 5.75 Å². The summed E-state index contributed by atoms with van der Waals surface area (Å²) in [6.07, 6.45) is 0.465. The molecule has 2 N–H and O–H groups in total. The number of carbonyl (C=O) groups excluding carboxylic acids is 3. The van der Waals surface area contributed by atoms with Gasteiger partial charge in [-0.05, 0) is 31.2 Å². The summed E-state index contributed by atoms with van der Waals surface area (Å²) in [6.45, 7) is 0.142. The number of benzene rings is 1. The lowest BCUT2D eigenvalue weighted by molar-refractivity contribution is -0.133. The first kappa shape index (κ1) is 14.5. The summed E-state index contributed by atoms with van der Waals surface area (Å²) in [5.41, 5.74) is 0.903. The number of rotatable bonds is 5. The number of ether oxygens (including phenoxy) is 1. The van der Waals surface area contributed by atoms with Crippen LogP contribution in [0.5, 0.6) is 5.75 Å². The zero-order valence-electron chi connectivity index (χ0n) is 10.8. The van der Waals surface area contributed by atoms with Crippen LogP contribution in [0, 0.1) is 0 Å². The molecule has 1 aliphatic heterocycles. The van der Waals surface area contributed by atoms with Crippen molar-refractivity contribution in [2.24, 2.45) is 0 Å². The molecule has 0 bridgehead atoms. The Kier molecular flexibility index (Phi) is 4.75. The standard InChI is InChI=1S/C13H14N2O4S/c1-14-7-11(16)19-9-4-2-8(3-5-9)6-10-12(17)15-13(18)20-10/h2-5,10,14H,6-7H2,1H3,(H,15,17,18). The molecule has 7 heteroatoms. The van der Waals surface area contributed by atoms with Gasteiger partial charge in [-0.3, -0.25) is 19.7 Å². The van der Waals surface area contributed by atoms with Crippen LogP contribution in [0.2, 0.25) is 0 Å². The summed E-state index contributed by atoms with van der Waals surface area (Å²) >= 11 is 0.997. The van der Waals surface area contributed by atoms with Crippen LogP contribution in [0.3, 0.4) is 0 Å². The molecule has 1 atom stereocenters. The topological polar surface area (TPSA) is 84.5 Å². The van der Waals surface area contributed by atoms with Gasteiger partial charge in [-0.1, -0.05) is 23.9 Å². The van der Waals surface area contributed by atoms with Gasteiger partial charge in [0.2, 0.25) is 5.91 Å². The molecule has 20 heavy (non-hydrogen) atoms. The second-order valence-corrected chi connectivity index (χ2v) is 5.41. The molecule has 1 aliphatic rings. The van der Waals surface area contributed by atoms with Crippen LogP contribution in [0.15, 0.2) is 24.3 Å². The molecule has 0 aliphatic carbocycles. The summed E-state index contributed by atoms with van der Waals surface area (Å²) in [5.74, 6) is -0.172. The lowest BCUT2D eigenvalue weighted by atomic mass is 10.1. The van der Waals surface area contributed by atoms with E-state index in [0.29, 0.717) is 12.2 Å². The van der Waals surface area contributed by atoms with Gasteiger partial charge in [0.25, 0.3) is 5.24 Å². The molecule has 106 valence electrons. The summed E-state index contributed by atoms with van der Waals surface area (Å²) < 4.78 is 5.08. The molecule has 1 heterocycles. The average Bonchev–Trinajstić information content (AvgIpc) is 2.70. The number of carbonyl (C=O) groups is 3. The molecular formula is C13H14N2O4S. The van der Waals surface area contributed by atoms with Gasteiger partial charge in [0.1, 0.15) is 5.75 Å². The van der Waals surface area contributed by atoms with E-state index in [9.17, 15) is 14.4 Å². The molecular weight excluding hydrogens is 280 g/mol. The Hall–Kier alpha value is -1.86. The molecule has 1 fully saturated rings. The molecule has 0 radical (unpaired) electrons. The quantitative estimate of drug-likeness (QED) is 0.614. The normalized spacial score (nSPS) is 17.9. The predicted octanol–water partition coefficient (Wildman–Crippen LogP) is 0.705. The number of esters is 1. The second kappa shape index (κ2) is 6.53. The maximum atomic E-state index is 11.4. The fourth-order valence-electron chi connectivity index (χ4n) is 1.75. The third kappa shape index (κ3) is 3.82. The molecule has 1 aromatic carbocycles. The second-order valence-electron chi connectivity index (χ2n) is 4.24. The third-order valence-electron chi connectivity index (χ3n) is 2.66. The SMILES string of the molecule is CNCC(=O)Oc1ccc(CC2SC(=O)NC2=O)cc1. The van der Waals surface area contributed by atoms with Gasteiger partial charge in [0.05, 0.1) is 11.8 Å². The summed E-state index contributed by atoms with van der Waals surface area (Å²) in [7, 11) is 1.66. The zero-order valence-corrected chi connectivity index (χ0v) is 11.7. The number of imide groups is 1. The van der Waals surface area contributed by atoms with Crippen molar-refractivity contribution in [3.05, 3.63) is 29.8 Å². The maximum absolute atomic E-state index is 11.4. The van der Waals surface area contributed by atoms with Gasteiger partial charge in [-0.25, -0.2) is 0 Å². The van der Waals surface area contributed by atoms with Gasteiger partial charge in [0, 0.05) is 0 Å². The fraction of sp³-hybridized carbons (Fsp3) is 0.308. The minimum Gasteiger partial charge on any atom is -0.426 e. The smallest absolute Gasteiger partial charge is 0.325 e. The van der Waals surface area contributed by atoms with E-state index in [1.165, 1.54) is 0 Å². The Bertz CT molecular complexity index is 530. The minimum absolute atomic E-state index is 0.142. The largest absolute Gasteiger partial charge is 0.426 e. The van der Waals surface area contributed by atoms with Gasteiger partial charge < -0.3 is 10.1 Å². The first-order valence-corrected chi connectivity index (χ1v) is 6.92. The highest BCUT2D eigenvalue weighted by Crippen LogP contribution is 2.23. The molecule has 1 saturated heterocycles. The van der Waals surface area contributed by atoms with Gasteiger partial charge in [-0.15, -0.1) is 0 Å². The van der Waals surface area contributed by atoms with Gasteiger partial charge in [-0.2, -0.15) is 0 Å². The molecule has 0 aromatic heterocycles. The van der Waals surface area contributed by atoms with E-state index in [4.69, 9.17) is 4.74 Å². The summed E-state index contributed by atoms with van der Waals surface area (Å²) in [5, 5.41) is 4.25. The van der Waals surface area contributed by atoms with E-state index in [1.54, 1.807) is 31.3 Å². The van der Waals surface area contributed by atoms with Crippen molar-refractivity contribution in [1.82, 2.24) is 10.6 Å². The van der Waals surface area contributed by atoms with Crippen LogP contribution in [0.25, 0.3) is 0 Å². The van der Waals surface area contributed by atoms with Crippen LogP contribution >= 0.6 is 11.8 Å². The lowest BCUT2D eigenvalue weighted by Gasteiger charge is -2.07. The summed E-state index contributed by atoms with van der Waals surface area (Å²) in [6, 6.07) is 6.89. The third-order valence-corrected chi connectivity index (χ3v) is 3.65. The highest BCUT2D eigenvalue weighted by molar-refractivity contribution is 8.15. The van der Waals surface area contributed by atoms with Crippen LogP contribution in [-0.2, 0) is 16.0 Å². The Labute approximate surface area is 120 Å². The van der Waals surface area contributed by atoms with Gasteiger partial charge >= 0.3 is 5.97 Å². The van der Waals surface area contributed by atoms with Crippen LogP contribution < -0.4 is 15.4 Å². The number of hydrogen-bond acceptors (Lipinski definition) is 6. The Balaban J connectivity index is 1.93. The van der Waals surface area contributed by atoms with E-state index >= 15 is 0 Å². The van der Waals surface area contributed by atoms with Crippen LogP contribution in [0.4, 0.5) is 4.79 Å². The van der Waals surface area contributed by atoms with Crippen LogP contribution in [-0.4, -0.2) is 36.0 Å². The number of amides is 2. The van der Waals surface area contributed by atoms with Gasteiger partial charge in [0.15, 0.2) is 0 Å². The molecule has 0 spiro atoms. The Morgan fingerprint density at radius 2 is 2.05 bits per heavy atom.